The van der Waals surface area contributed by atoms with Gasteiger partial charge in [-0.15, -0.1) is 0 Å². The quantitative estimate of drug-likeness (QED) is 0.622. The van der Waals surface area contributed by atoms with Gasteiger partial charge in [0.05, 0.1) is 23.7 Å². The van der Waals surface area contributed by atoms with Gasteiger partial charge in [0, 0.05) is 18.6 Å². The van der Waals surface area contributed by atoms with E-state index in [9.17, 15) is 9.46 Å². The Bertz CT molecular complexity index is 778. The molecule has 0 N–H and O–H groups in total. The van der Waals surface area contributed by atoms with Crippen LogP contribution in [0.15, 0.2) is 73.2 Å². The van der Waals surface area contributed by atoms with Crippen molar-refractivity contribution in [2.24, 2.45) is 0 Å². The third kappa shape index (κ3) is 4.12. The molecule has 0 aliphatic carbocycles. The minimum Gasteiger partial charge on any atom is -0.795 e. The summed E-state index contributed by atoms with van der Waals surface area (Å²) in [4.78, 5) is 25.3. The van der Waals surface area contributed by atoms with E-state index in [0.29, 0.717) is 6.16 Å². The van der Waals surface area contributed by atoms with E-state index in [1.807, 2.05) is 36.4 Å². The van der Waals surface area contributed by atoms with Gasteiger partial charge in [0.25, 0.3) is 0 Å². The molecule has 1 atom stereocenters. The number of rotatable bonds is 6. The number of aromatic nitrogens is 3. The summed E-state index contributed by atoms with van der Waals surface area (Å²) in [6, 6.07) is 16.3. The maximum absolute atomic E-state index is 12.5. The summed E-state index contributed by atoms with van der Waals surface area (Å²) in [5.74, 6) is 0. The highest BCUT2D eigenvalue weighted by Gasteiger charge is 2.20. The Kier molecular flexibility index (Phi) is 5.47. The first-order valence-electron chi connectivity index (χ1n) is 7.48. The predicted molar refractivity (Wildman–Crippen MR) is 95.9 cm³/mol. The number of nitrogens with zero attached hydrogens (tertiary/aromatic N) is 3. The lowest BCUT2D eigenvalue weighted by Gasteiger charge is -2.25. The normalized spacial score (nSPS) is 13.6. The lowest BCUT2D eigenvalue weighted by molar-refractivity contribution is -0.171. The molecule has 3 aromatic heterocycles. The van der Waals surface area contributed by atoms with Gasteiger partial charge in [-0.1, -0.05) is 18.2 Å². The van der Waals surface area contributed by atoms with Crippen LogP contribution in [0.5, 0.6) is 0 Å². The van der Waals surface area contributed by atoms with Gasteiger partial charge in [-0.3, -0.25) is 15.0 Å². The van der Waals surface area contributed by atoms with E-state index in [1.165, 1.54) is 12.3 Å². The molecule has 24 heavy (non-hydrogen) atoms. The van der Waals surface area contributed by atoms with Crippen LogP contribution in [0.2, 0.25) is 0 Å². The summed E-state index contributed by atoms with van der Waals surface area (Å²) < 4.78 is 12.5. The second kappa shape index (κ2) is 7.76. The molecule has 5 nitrogen and oxygen atoms in total. The predicted octanol–water partition coefficient (Wildman–Crippen LogP) is 1.27. The van der Waals surface area contributed by atoms with Gasteiger partial charge in [0.15, 0.2) is 0 Å². The summed E-state index contributed by atoms with van der Waals surface area (Å²) >= 11 is 0. The molecule has 0 saturated heterocycles. The van der Waals surface area contributed by atoms with E-state index in [0.717, 1.165) is 10.9 Å². The molecule has 0 radical (unpaired) electrons. The van der Waals surface area contributed by atoms with Crippen molar-refractivity contribution in [2.75, 3.05) is 12.3 Å². The molecule has 3 rings (SSSR count). The van der Waals surface area contributed by atoms with Crippen LogP contribution in [-0.2, 0) is 4.57 Å². The third-order valence-electron chi connectivity index (χ3n) is 3.47. The monoisotopic (exact) mass is 356 g/mol. The molecule has 3 heterocycles. The standard InChI is InChI=1S/C17H17N3O2P2/c21-24(22,17-9-3-6-12-20-17)14-13-23(15-7-1-4-10-18-15)16-8-2-5-11-19-16/h1-12H,13-14H2,(H,21,22)/p-1. The van der Waals surface area contributed by atoms with Crippen molar-refractivity contribution in [3.8, 4) is 0 Å². The highest BCUT2D eigenvalue weighted by Crippen LogP contribution is 2.40. The zero-order valence-electron chi connectivity index (χ0n) is 12.9. The zero-order valence-corrected chi connectivity index (χ0v) is 14.7. The Morgan fingerprint density at radius 1 is 0.833 bits per heavy atom. The van der Waals surface area contributed by atoms with Crippen molar-refractivity contribution in [2.45, 2.75) is 0 Å². The maximum Gasteiger partial charge on any atom is 0.0862 e. The lowest BCUT2D eigenvalue weighted by Crippen LogP contribution is -2.25. The second-order valence-corrected chi connectivity index (χ2v) is 9.58. The summed E-state index contributed by atoms with van der Waals surface area (Å²) in [7, 11) is -4.67. The van der Waals surface area contributed by atoms with Crippen LogP contribution in [-0.4, -0.2) is 27.3 Å². The Morgan fingerprint density at radius 2 is 1.38 bits per heavy atom. The number of hydrogen-bond acceptors (Lipinski definition) is 5. The van der Waals surface area contributed by atoms with Crippen LogP contribution < -0.4 is 21.2 Å². The summed E-state index contributed by atoms with van der Waals surface area (Å²) in [6.45, 7) is 0. The second-order valence-electron chi connectivity index (χ2n) is 5.11. The van der Waals surface area contributed by atoms with E-state index >= 15 is 0 Å². The smallest absolute Gasteiger partial charge is 0.0862 e. The molecule has 0 amide bonds. The van der Waals surface area contributed by atoms with Gasteiger partial charge in [0.2, 0.25) is 0 Å². The molecule has 0 spiro atoms. The molecular weight excluding hydrogens is 340 g/mol. The van der Waals surface area contributed by atoms with E-state index in [4.69, 9.17) is 0 Å². The van der Waals surface area contributed by atoms with Gasteiger partial charge < -0.3 is 9.46 Å². The fraction of sp³-hybridized carbons (Fsp3) is 0.118. The van der Waals surface area contributed by atoms with Gasteiger partial charge >= 0.3 is 0 Å². The molecule has 0 aromatic carbocycles. The topological polar surface area (TPSA) is 78.8 Å². The molecule has 7 heteroatoms. The van der Waals surface area contributed by atoms with Gasteiger partial charge in [-0.2, -0.15) is 0 Å². The van der Waals surface area contributed by atoms with E-state index in [1.54, 1.807) is 24.5 Å². The molecule has 0 fully saturated rings. The van der Waals surface area contributed by atoms with Crippen LogP contribution in [0.1, 0.15) is 0 Å². The Balaban J connectivity index is 1.84. The summed E-state index contributed by atoms with van der Waals surface area (Å²) in [6.07, 6.45) is 5.47. The highest BCUT2D eigenvalue weighted by atomic mass is 31.2. The fourth-order valence-corrected chi connectivity index (χ4v) is 6.55. The van der Waals surface area contributed by atoms with Crippen molar-refractivity contribution in [1.29, 1.82) is 0 Å². The molecule has 0 aliphatic heterocycles. The fourth-order valence-electron chi connectivity index (χ4n) is 2.27. The van der Waals surface area contributed by atoms with E-state index < -0.39 is 15.3 Å². The van der Waals surface area contributed by atoms with Gasteiger partial charge in [-0.05, 0) is 56.6 Å². The van der Waals surface area contributed by atoms with Crippen molar-refractivity contribution in [1.82, 2.24) is 15.0 Å². The van der Waals surface area contributed by atoms with Gasteiger partial charge in [0.1, 0.15) is 0 Å². The Morgan fingerprint density at radius 3 is 1.83 bits per heavy atom. The number of pyridine rings is 3. The van der Waals surface area contributed by atoms with Crippen LogP contribution in [0.3, 0.4) is 0 Å². The zero-order chi connectivity index (χ0) is 16.8. The van der Waals surface area contributed by atoms with Crippen LogP contribution in [0.25, 0.3) is 0 Å². The first-order valence-corrected chi connectivity index (χ1v) is 10.8. The first kappa shape index (κ1) is 16.9. The number of hydrogen-bond donors (Lipinski definition) is 0. The molecule has 122 valence electrons. The lowest BCUT2D eigenvalue weighted by atomic mass is 10.5. The molecule has 3 aromatic rings. The van der Waals surface area contributed by atoms with Crippen molar-refractivity contribution >= 4 is 31.6 Å². The maximum atomic E-state index is 12.5. The highest BCUT2D eigenvalue weighted by molar-refractivity contribution is 7.74. The summed E-state index contributed by atoms with van der Waals surface area (Å²) in [5, 5.41) is 0. The van der Waals surface area contributed by atoms with E-state index in [-0.39, 0.29) is 11.6 Å². The molecule has 1 unspecified atom stereocenters. The Hall–Kier alpha value is -1.93. The molecule has 0 aliphatic rings. The SMILES string of the molecule is O=P([O-])(CCP(c1ccccn1)c1ccccn1)c1ccccn1. The minimum atomic E-state index is -3.74. The van der Waals surface area contributed by atoms with Crippen molar-refractivity contribution < 1.29 is 9.46 Å². The van der Waals surface area contributed by atoms with E-state index in [2.05, 4.69) is 15.0 Å². The van der Waals surface area contributed by atoms with Crippen molar-refractivity contribution in [3.63, 3.8) is 0 Å². The van der Waals surface area contributed by atoms with Crippen LogP contribution in [0, 0.1) is 0 Å². The first-order chi connectivity index (χ1) is 11.7. The Labute approximate surface area is 142 Å². The third-order valence-corrected chi connectivity index (χ3v) is 7.90. The summed E-state index contributed by atoms with van der Waals surface area (Å²) in [5.41, 5.74) is 1.90. The van der Waals surface area contributed by atoms with Crippen LogP contribution in [0.4, 0.5) is 0 Å². The minimum absolute atomic E-state index is 0.0445. The molecular formula is C17H16N3O2P2-. The largest absolute Gasteiger partial charge is 0.795 e. The van der Waals surface area contributed by atoms with Crippen LogP contribution >= 0.6 is 15.3 Å². The molecule has 0 bridgehead atoms. The van der Waals surface area contributed by atoms with Crippen molar-refractivity contribution in [3.05, 3.63) is 73.2 Å². The average molecular weight is 356 g/mol. The molecule has 0 saturated carbocycles. The average Bonchev–Trinajstić information content (AvgIpc) is 2.64. The van der Waals surface area contributed by atoms with Gasteiger partial charge in [-0.25, -0.2) is 0 Å².